The van der Waals surface area contributed by atoms with E-state index in [1.54, 1.807) is 13.2 Å². The number of hydrogen-bond acceptors (Lipinski definition) is 3. The smallest absolute Gasteiger partial charge is 0.311 e. The van der Waals surface area contributed by atoms with Crippen molar-refractivity contribution < 1.29 is 19.4 Å². The lowest BCUT2D eigenvalue weighted by Crippen LogP contribution is -2.15. The number of carboxylic acids is 1. The maximum Gasteiger partial charge on any atom is 0.311 e. The number of benzene rings is 2. The molecule has 0 saturated heterocycles. The predicted octanol–water partition coefficient (Wildman–Crippen LogP) is 4.29. The third-order valence-electron chi connectivity index (χ3n) is 3.95. The van der Waals surface area contributed by atoms with Crippen molar-refractivity contribution in [3.05, 3.63) is 59.7 Å². The fourth-order valence-corrected chi connectivity index (χ4v) is 2.57. The minimum absolute atomic E-state index is 0.380. The number of ether oxygens (including phenoxy) is 2. The SMILES string of the molecule is CCCCOc1ccccc1CC(C(=O)O)c1cccc(OC)c1. The van der Waals surface area contributed by atoms with E-state index in [1.807, 2.05) is 42.5 Å². The summed E-state index contributed by atoms with van der Waals surface area (Å²) in [6.07, 6.45) is 2.42. The van der Waals surface area contributed by atoms with Crippen molar-refractivity contribution in [2.24, 2.45) is 0 Å². The summed E-state index contributed by atoms with van der Waals surface area (Å²) in [6, 6.07) is 14.9. The molecule has 4 heteroatoms. The minimum Gasteiger partial charge on any atom is -0.497 e. The molecule has 1 atom stereocenters. The highest BCUT2D eigenvalue weighted by Crippen LogP contribution is 2.29. The van der Waals surface area contributed by atoms with Gasteiger partial charge in [0.05, 0.1) is 19.6 Å². The molecule has 0 aliphatic rings. The Hall–Kier alpha value is -2.49. The summed E-state index contributed by atoms with van der Waals surface area (Å²) in [4.78, 5) is 11.8. The minimum atomic E-state index is -0.855. The van der Waals surface area contributed by atoms with E-state index in [-0.39, 0.29) is 0 Å². The van der Waals surface area contributed by atoms with E-state index in [2.05, 4.69) is 6.92 Å². The second-order valence-electron chi connectivity index (χ2n) is 5.68. The fraction of sp³-hybridized carbons (Fsp3) is 0.350. The monoisotopic (exact) mass is 328 g/mol. The van der Waals surface area contributed by atoms with Crippen LogP contribution >= 0.6 is 0 Å². The van der Waals surface area contributed by atoms with E-state index in [9.17, 15) is 9.90 Å². The van der Waals surface area contributed by atoms with Crippen LogP contribution in [0.1, 0.15) is 36.8 Å². The molecule has 2 aromatic carbocycles. The number of para-hydroxylation sites is 1. The lowest BCUT2D eigenvalue weighted by atomic mass is 9.91. The van der Waals surface area contributed by atoms with Gasteiger partial charge in [0.15, 0.2) is 0 Å². The predicted molar refractivity (Wildman–Crippen MR) is 93.9 cm³/mol. The van der Waals surface area contributed by atoms with Crippen molar-refractivity contribution >= 4 is 5.97 Å². The van der Waals surface area contributed by atoms with Gasteiger partial charge in [0.2, 0.25) is 0 Å². The van der Waals surface area contributed by atoms with Gasteiger partial charge in [-0.1, -0.05) is 43.7 Å². The molecule has 0 saturated carbocycles. The third-order valence-corrected chi connectivity index (χ3v) is 3.95. The van der Waals surface area contributed by atoms with Crippen LogP contribution in [0.2, 0.25) is 0 Å². The van der Waals surface area contributed by atoms with Gasteiger partial charge in [0, 0.05) is 0 Å². The molecule has 0 spiro atoms. The van der Waals surface area contributed by atoms with Gasteiger partial charge in [0.25, 0.3) is 0 Å². The van der Waals surface area contributed by atoms with Crippen molar-refractivity contribution in [1.82, 2.24) is 0 Å². The summed E-state index contributed by atoms with van der Waals surface area (Å²) in [7, 11) is 1.58. The molecule has 0 aromatic heterocycles. The van der Waals surface area contributed by atoms with Crippen LogP contribution < -0.4 is 9.47 Å². The van der Waals surface area contributed by atoms with Gasteiger partial charge in [-0.15, -0.1) is 0 Å². The van der Waals surface area contributed by atoms with Crippen LogP contribution in [0.5, 0.6) is 11.5 Å². The number of carbonyl (C=O) groups is 1. The number of unbranched alkanes of at least 4 members (excludes halogenated alkanes) is 1. The molecule has 1 N–H and O–H groups in total. The van der Waals surface area contributed by atoms with Crippen molar-refractivity contribution in [2.45, 2.75) is 32.1 Å². The highest BCUT2D eigenvalue weighted by Gasteiger charge is 2.22. The Balaban J connectivity index is 2.23. The highest BCUT2D eigenvalue weighted by atomic mass is 16.5. The van der Waals surface area contributed by atoms with Gasteiger partial charge in [-0.3, -0.25) is 4.79 Å². The van der Waals surface area contributed by atoms with Gasteiger partial charge in [-0.25, -0.2) is 0 Å². The number of carboxylic acid groups (broad SMARTS) is 1. The zero-order valence-electron chi connectivity index (χ0n) is 14.2. The van der Waals surface area contributed by atoms with Gasteiger partial charge in [0.1, 0.15) is 11.5 Å². The molecular weight excluding hydrogens is 304 g/mol. The van der Waals surface area contributed by atoms with E-state index < -0.39 is 11.9 Å². The van der Waals surface area contributed by atoms with Crippen LogP contribution in [0.25, 0.3) is 0 Å². The second-order valence-corrected chi connectivity index (χ2v) is 5.68. The lowest BCUT2D eigenvalue weighted by Gasteiger charge is -2.17. The van der Waals surface area contributed by atoms with Gasteiger partial charge in [-0.05, 0) is 42.2 Å². The Morgan fingerprint density at radius 2 is 1.96 bits per heavy atom. The van der Waals surface area contributed by atoms with Crippen molar-refractivity contribution in [2.75, 3.05) is 13.7 Å². The van der Waals surface area contributed by atoms with E-state index in [4.69, 9.17) is 9.47 Å². The molecule has 4 nitrogen and oxygen atoms in total. The maximum absolute atomic E-state index is 11.8. The Bertz CT molecular complexity index is 666. The number of aliphatic carboxylic acids is 1. The molecule has 24 heavy (non-hydrogen) atoms. The number of rotatable bonds is 9. The van der Waals surface area contributed by atoms with Crippen molar-refractivity contribution in [3.63, 3.8) is 0 Å². The van der Waals surface area contributed by atoms with E-state index >= 15 is 0 Å². The van der Waals surface area contributed by atoms with Gasteiger partial charge >= 0.3 is 5.97 Å². The largest absolute Gasteiger partial charge is 0.497 e. The van der Waals surface area contributed by atoms with Crippen LogP contribution in [0.15, 0.2) is 48.5 Å². The van der Waals surface area contributed by atoms with Gasteiger partial charge in [-0.2, -0.15) is 0 Å². The Labute approximate surface area is 143 Å². The molecule has 0 aliphatic carbocycles. The molecule has 0 amide bonds. The Kier molecular flexibility index (Phi) is 6.67. The first-order chi connectivity index (χ1) is 11.7. The summed E-state index contributed by atoms with van der Waals surface area (Å²) in [5.41, 5.74) is 1.63. The van der Waals surface area contributed by atoms with E-state index in [0.29, 0.717) is 18.8 Å². The molecule has 0 fully saturated rings. The first-order valence-electron chi connectivity index (χ1n) is 8.23. The molecule has 2 rings (SSSR count). The summed E-state index contributed by atoms with van der Waals surface area (Å²) >= 11 is 0. The Morgan fingerprint density at radius 1 is 1.17 bits per heavy atom. The second kappa shape index (κ2) is 8.96. The topological polar surface area (TPSA) is 55.8 Å². The molecule has 2 aromatic rings. The maximum atomic E-state index is 11.8. The van der Waals surface area contributed by atoms with E-state index in [0.717, 1.165) is 29.7 Å². The molecule has 0 bridgehead atoms. The van der Waals surface area contributed by atoms with Crippen molar-refractivity contribution in [1.29, 1.82) is 0 Å². The highest BCUT2D eigenvalue weighted by molar-refractivity contribution is 5.77. The Morgan fingerprint density at radius 3 is 2.67 bits per heavy atom. The summed E-state index contributed by atoms with van der Waals surface area (Å²) in [6.45, 7) is 2.75. The van der Waals surface area contributed by atoms with Crippen LogP contribution in [-0.2, 0) is 11.2 Å². The lowest BCUT2D eigenvalue weighted by molar-refractivity contribution is -0.138. The first-order valence-corrected chi connectivity index (χ1v) is 8.23. The fourth-order valence-electron chi connectivity index (χ4n) is 2.57. The zero-order valence-corrected chi connectivity index (χ0v) is 14.2. The molecule has 0 radical (unpaired) electrons. The quantitative estimate of drug-likeness (QED) is 0.698. The first kappa shape index (κ1) is 17.9. The molecule has 0 heterocycles. The zero-order chi connectivity index (χ0) is 17.4. The van der Waals surface area contributed by atoms with Crippen LogP contribution in [0, 0.1) is 0 Å². The summed E-state index contributed by atoms with van der Waals surface area (Å²) in [5, 5.41) is 9.67. The number of methoxy groups -OCH3 is 1. The standard InChI is InChI=1S/C20H24O4/c1-3-4-12-24-19-11-6-5-8-16(19)14-18(20(21)22)15-9-7-10-17(13-15)23-2/h5-11,13,18H,3-4,12,14H2,1-2H3,(H,21,22). The average Bonchev–Trinajstić information content (AvgIpc) is 2.60. The van der Waals surface area contributed by atoms with E-state index in [1.165, 1.54) is 0 Å². The van der Waals surface area contributed by atoms with Crippen LogP contribution in [0.4, 0.5) is 0 Å². The molecular formula is C20H24O4. The third kappa shape index (κ3) is 4.75. The summed E-state index contributed by atoms with van der Waals surface area (Å²) < 4.78 is 11.0. The summed E-state index contributed by atoms with van der Waals surface area (Å²) in [5.74, 6) is -0.0750. The average molecular weight is 328 g/mol. The van der Waals surface area contributed by atoms with Crippen molar-refractivity contribution in [3.8, 4) is 11.5 Å². The van der Waals surface area contributed by atoms with Crippen LogP contribution in [-0.4, -0.2) is 24.8 Å². The van der Waals surface area contributed by atoms with Crippen LogP contribution in [0.3, 0.4) is 0 Å². The normalized spacial score (nSPS) is 11.8. The number of hydrogen-bond donors (Lipinski definition) is 1. The molecule has 1 unspecified atom stereocenters. The van der Waals surface area contributed by atoms with Gasteiger partial charge < -0.3 is 14.6 Å². The molecule has 0 aliphatic heterocycles. The molecule has 128 valence electrons.